The lowest BCUT2D eigenvalue weighted by Crippen LogP contribution is -2.42. The SMILES string of the molecule is Nc1ncnc2c1ncn2[C@@H]1O[C@H](COP(=O)([O-])O)[C@@H](O)[C@H]1OC(=O)[C@@H](N)Cc1ccccc1. The second-order valence-electron chi connectivity index (χ2n) is 7.60. The van der Waals surface area contributed by atoms with Gasteiger partial charge >= 0.3 is 5.97 Å². The third-order valence-electron chi connectivity index (χ3n) is 5.23. The Bertz CT molecular complexity index is 1200. The number of nitrogen functional groups attached to an aromatic ring is 1. The van der Waals surface area contributed by atoms with Crippen molar-refractivity contribution >= 4 is 30.8 Å². The molecule has 3 heterocycles. The first-order valence-corrected chi connectivity index (χ1v) is 11.6. The molecule has 0 amide bonds. The molecule has 15 heteroatoms. The maximum atomic E-state index is 12.8. The zero-order chi connectivity index (χ0) is 24.5. The summed E-state index contributed by atoms with van der Waals surface area (Å²) in [4.78, 5) is 44.7. The van der Waals surface area contributed by atoms with Crippen molar-refractivity contribution in [1.82, 2.24) is 19.5 Å². The number of carbonyl (C=O) groups is 1. The normalized spacial score (nSPS) is 25.2. The molecule has 14 nitrogen and oxygen atoms in total. The van der Waals surface area contributed by atoms with E-state index in [1.54, 1.807) is 24.3 Å². The summed E-state index contributed by atoms with van der Waals surface area (Å²) in [6.45, 7) is -0.733. The Morgan fingerprint density at radius 1 is 1.29 bits per heavy atom. The van der Waals surface area contributed by atoms with Crippen molar-refractivity contribution in [3.63, 3.8) is 0 Å². The van der Waals surface area contributed by atoms with E-state index in [4.69, 9.17) is 25.8 Å². The number of imidazole rings is 1. The van der Waals surface area contributed by atoms with E-state index < -0.39 is 51.0 Å². The van der Waals surface area contributed by atoms with Crippen LogP contribution in [0.1, 0.15) is 11.8 Å². The average Bonchev–Trinajstić information content (AvgIpc) is 3.35. The van der Waals surface area contributed by atoms with Gasteiger partial charge in [-0.05, 0) is 12.0 Å². The molecule has 34 heavy (non-hydrogen) atoms. The highest BCUT2D eigenvalue weighted by atomic mass is 31.2. The van der Waals surface area contributed by atoms with Crippen LogP contribution < -0.4 is 16.4 Å². The predicted octanol–water partition coefficient (Wildman–Crippen LogP) is -1.37. The molecule has 2 aromatic heterocycles. The summed E-state index contributed by atoms with van der Waals surface area (Å²) >= 11 is 0. The maximum absolute atomic E-state index is 12.8. The number of nitrogens with zero attached hydrogens (tertiary/aromatic N) is 4. The van der Waals surface area contributed by atoms with Crippen LogP contribution in [0.2, 0.25) is 0 Å². The molecule has 3 aromatic rings. The van der Waals surface area contributed by atoms with Crippen LogP contribution in [-0.2, 0) is 29.8 Å². The predicted molar refractivity (Wildman–Crippen MR) is 113 cm³/mol. The van der Waals surface area contributed by atoms with E-state index in [1.807, 2.05) is 6.07 Å². The standard InChI is InChI=1S/C19H23N6O8P/c20-11(6-10-4-2-1-3-5-10)19(27)33-15-14(26)12(7-31-34(28,29)30)32-18(15)25-9-24-13-16(21)22-8-23-17(13)25/h1-5,8-9,11-12,14-15,18,26H,6-7,20H2,(H2,21,22,23)(H2,28,29,30)/p-1/t11-,12+,14+,15+,18+/m0/s1. The zero-order valence-corrected chi connectivity index (χ0v) is 18.5. The Hall–Kier alpha value is -2.97. The fraction of sp³-hybridized carbons (Fsp3) is 0.368. The van der Waals surface area contributed by atoms with Gasteiger partial charge in [0.15, 0.2) is 23.8 Å². The first kappa shape index (κ1) is 24.2. The van der Waals surface area contributed by atoms with Crippen LogP contribution >= 0.6 is 7.82 Å². The van der Waals surface area contributed by atoms with E-state index in [9.17, 15) is 19.4 Å². The van der Waals surface area contributed by atoms with E-state index in [-0.39, 0.29) is 23.4 Å². The Morgan fingerprint density at radius 2 is 2.03 bits per heavy atom. The van der Waals surface area contributed by atoms with Crippen molar-refractivity contribution < 1.29 is 38.3 Å². The van der Waals surface area contributed by atoms with Crippen LogP contribution in [0.15, 0.2) is 43.0 Å². The van der Waals surface area contributed by atoms with Crippen molar-refractivity contribution in [3.05, 3.63) is 48.5 Å². The van der Waals surface area contributed by atoms with Gasteiger partial charge in [-0.2, -0.15) is 0 Å². The molecule has 1 aliphatic rings. The number of ether oxygens (including phenoxy) is 2. The van der Waals surface area contributed by atoms with Gasteiger partial charge in [0.2, 0.25) is 0 Å². The summed E-state index contributed by atoms with van der Waals surface area (Å²) in [5.41, 5.74) is 13.1. The lowest BCUT2D eigenvalue weighted by atomic mass is 10.1. The number of aliphatic hydroxyl groups excluding tert-OH is 1. The summed E-state index contributed by atoms with van der Waals surface area (Å²) in [5.74, 6) is -0.730. The van der Waals surface area contributed by atoms with Crippen LogP contribution in [0.5, 0.6) is 0 Å². The number of carbonyl (C=O) groups excluding carboxylic acids is 1. The highest BCUT2D eigenvalue weighted by Crippen LogP contribution is 2.37. The number of phosphoric acid groups is 1. The molecule has 0 bridgehead atoms. The largest absolute Gasteiger partial charge is 0.756 e. The third kappa shape index (κ3) is 5.23. The lowest BCUT2D eigenvalue weighted by molar-refractivity contribution is -0.222. The van der Waals surface area contributed by atoms with Crippen molar-refractivity contribution in [2.24, 2.45) is 5.73 Å². The molecular formula is C19H22N6O8P-. The van der Waals surface area contributed by atoms with E-state index >= 15 is 0 Å². The number of benzene rings is 1. The lowest BCUT2D eigenvalue weighted by Gasteiger charge is -2.23. The molecule has 1 aromatic carbocycles. The number of rotatable bonds is 8. The quantitative estimate of drug-likeness (QED) is 0.210. The number of phosphoric ester groups is 1. The van der Waals surface area contributed by atoms with Gasteiger partial charge < -0.3 is 40.4 Å². The summed E-state index contributed by atoms with van der Waals surface area (Å²) in [6, 6.07) is 7.98. The molecular weight excluding hydrogens is 471 g/mol. The van der Waals surface area contributed by atoms with E-state index in [2.05, 4.69) is 19.5 Å². The molecule has 6 N–H and O–H groups in total. The Labute approximate surface area is 192 Å². The van der Waals surface area contributed by atoms with Gasteiger partial charge in [0.05, 0.1) is 12.9 Å². The first-order valence-electron chi connectivity index (χ1n) is 10.1. The number of anilines is 1. The third-order valence-corrected chi connectivity index (χ3v) is 5.70. The molecule has 1 fully saturated rings. The van der Waals surface area contributed by atoms with Gasteiger partial charge in [-0.25, -0.2) is 15.0 Å². The summed E-state index contributed by atoms with van der Waals surface area (Å²) < 4.78 is 28.0. The topological polar surface area (TPSA) is 221 Å². The Kier molecular flexibility index (Phi) is 6.91. The fourth-order valence-electron chi connectivity index (χ4n) is 3.60. The number of hydrogen-bond acceptors (Lipinski definition) is 12. The highest BCUT2D eigenvalue weighted by molar-refractivity contribution is 7.44. The van der Waals surface area contributed by atoms with E-state index in [0.717, 1.165) is 5.56 Å². The highest BCUT2D eigenvalue weighted by Gasteiger charge is 2.48. The Morgan fingerprint density at radius 3 is 2.74 bits per heavy atom. The van der Waals surface area contributed by atoms with Crippen LogP contribution in [-0.4, -0.2) is 66.4 Å². The van der Waals surface area contributed by atoms with Gasteiger partial charge in [0.1, 0.15) is 30.1 Å². The van der Waals surface area contributed by atoms with Gasteiger partial charge in [-0.15, -0.1) is 0 Å². The second kappa shape index (κ2) is 9.72. The minimum atomic E-state index is -5.10. The second-order valence-corrected chi connectivity index (χ2v) is 8.80. The zero-order valence-electron chi connectivity index (χ0n) is 17.6. The molecule has 1 aliphatic heterocycles. The van der Waals surface area contributed by atoms with Gasteiger partial charge in [0, 0.05) is 0 Å². The monoisotopic (exact) mass is 493 g/mol. The molecule has 1 unspecified atom stereocenters. The summed E-state index contributed by atoms with van der Waals surface area (Å²) in [6.07, 6.45) is -2.70. The van der Waals surface area contributed by atoms with Gasteiger partial charge in [-0.1, -0.05) is 30.3 Å². The molecule has 4 rings (SSSR count). The first-order chi connectivity index (χ1) is 16.1. The van der Waals surface area contributed by atoms with Crippen molar-refractivity contribution in [3.8, 4) is 0 Å². The average molecular weight is 493 g/mol. The molecule has 0 spiro atoms. The minimum absolute atomic E-state index is 0.0909. The molecule has 1 saturated heterocycles. The molecule has 0 radical (unpaired) electrons. The molecule has 6 atom stereocenters. The Balaban J connectivity index is 1.58. The van der Waals surface area contributed by atoms with E-state index in [0.29, 0.717) is 0 Å². The van der Waals surface area contributed by atoms with Crippen LogP contribution in [0, 0.1) is 0 Å². The number of aromatic nitrogens is 4. The van der Waals surface area contributed by atoms with E-state index in [1.165, 1.54) is 17.2 Å². The van der Waals surface area contributed by atoms with Crippen molar-refractivity contribution in [2.45, 2.75) is 37.0 Å². The van der Waals surface area contributed by atoms with Gasteiger partial charge in [0.25, 0.3) is 7.82 Å². The number of esters is 1. The molecule has 182 valence electrons. The van der Waals surface area contributed by atoms with Crippen molar-refractivity contribution in [2.75, 3.05) is 12.3 Å². The minimum Gasteiger partial charge on any atom is -0.756 e. The smallest absolute Gasteiger partial charge is 0.323 e. The van der Waals surface area contributed by atoms with Crippen LogP contribution in [0.25, 0.3) is 11.2 Å². The molecule has 0 saturated carbocycles. The summed E-state index contributed by atoms with van der Waals surface area (Å²) in [7, 11) is -5.10. The van der Waals surface area contributed by atoms with Crippen molar-refractivity contribution in [1.29, 1.82) is 0 Å². The fourth-order valence-corrected chi connectivity index (χ4v) is 3.94. The van der Waals surface area contributed by atoms with Crippen LogP contribution in [0.4, 0.5) is 5.82 Å². The van der Waals surface area contributed by atoms with Crippen LogP contribution in [0.3, 0.4) is 0 Å². The van der Waals surface area contributed by atoms with Gasteiger partial charge in [-0.3, -0.25) is 13.9 Å². The number of nitrogens with two attached hydrogens (primary N) is 2. The molecule has 0 aliphatic carbocycles. The number of hydrogen-bond donors (Lipinski definition) is 4. The maximum Gasteiger partial charge on any atom is 0.323 e. The summed E-state index contributed by atoms with van der Waals surface area (Å²) in [5, 5.41) is 10.8. The number of fused-ring (bicyclic) bond motifs is 1. The number of aliphatic hydroxyl groups is 1.